The van der Waals surface area contributed by atoms with Crippen LogP contribution in [0.5, 0.6) is 0 Å². The second kappa shape index (κ2) is 6.75. The van der Waals surface area contributed by atoms with E-state index in [1.807, 2.05) is 36.4 Å². The molecule has 1 aromatic carbocycles. The first kappa shape index (κ1) is 14.8. The van der Waals surface area contributed by atoms with Gasteiger partial charge < -0.3 is 15.6 Å². The summed E-state index contributed by atoms with van der Waals surface area (Å²) in [4.78, 5) is 12.0. The fourth-order valence-electron chi connectivity index (χ4n) is 2.96. The van der Waals surface area contributed by atoms with Crippen LogP contribution in [0.1, 0.15) is 31.4 Å². The fourth-order valence-corrected chi connectivity index (χ4v) is 2.96. The lowest BCUT2D eigenvalue weighted by molar-refractivity contribution is -0.122. The number of aromatic nitrogens is 1. The van der Waals surface area contributed by atoms with Crippen LogP contribution in [0.25, 0.3) is 11.3 Å². The maximum absolute atomic E-state index is 12.0. The highest BCUT2D eigenvalue weighted by Crippen LogP contribution is 2.26. The predicted molar refractivity (Wildman–Crippen MR) is 83.7 cm³/mol. The summed E-state index contributed by atoms with van der Waals surface area (Å²) in [6, 6.07) is 11.8. The van der Waals surface area contributed by atoms with Crippen molar-refractivity contribution < 1.29 is 9.32 Å². The van der Waals surface area contributed by atoms with E-state index in [9.17, 15) is 4.79 Å². The number of hydrogen-bond donors (Lipinski definition) is 2. The van der Waals surface area contributed by atoms with E-state index >= 15 is 0 Å². The van der Waals surface area contributed by atoms with E-state index in [-0.39, 0.29) is 11.9 Å². The molecule has 5 heteroatoms. The van der Waals surface area contributed by atoms with E-state index in [4.69, 9.17) is 10.3 Å². The molecule has 0 unspecified atom stereocenters. The van der Waals surface area contributed by atoms with Crippen molar-refractivity contribution in [1.29, 1.82) is 0 Å². The Morgan fingerprint density at radius 1 is 1.32 bits per heavy atom. The summed E-state index contributed by atoms with van der Waals surface area (Å²) < 4.78 is 5.27. The molecule has 2 atom stereocenters. The summed E-state index contributed by atoms with van der Waals surface area (Å²) in [6.45, 7) is 0.362. The van der Waals surface area contributed by atoms with Crippen LogP contribution in [0.2, 0.25) is 0 Å². The number of benzene rings is 1. The third-order valence-corrected chi connectivity index (χ3v) is 4.25. The molecule has 1 aliphatic carbocycles. The van der Waals surface area contributed by atoms with Crippen molar-refractivity contribution in [2.24, 2.45) is 11.7 Å². The van der Waals surface area contributed by atoms with Crippen LogP contribution in [0.4, 0.5) is 0 Å². The minimum Gasteiger partial charge on any atom is -0.359 e. The lowest BCUT2D eigenvalue weighted by Gasteiger charge is -2.14. The van der Waals surface area contributed by atoms with Gasteiger partial charge in [0.05, 0.1) is 6.54 Å². The van der Waals surface area contributed by atoms with Gasteiger partial charge in [0.25, 0.3) is 0 Å². The largest absolute Gasteiger partial charge is 0.359 e. The zero-order valence-corrected chi connectivity index (χ0v) is 12.5. The monoisotopic (exact) mass is 299 g/mol. The second-order valence-corrected chi connectivity index (χ2v) is 5.88. The molecule has 1 aromatic heterocycles. The van der Waals surface area contributed by atoms with Gasteiger partial charge in [-0.3, -0.25) is 4.79 Å². The van der Waals surface area contributed by atoms with Crippen molar-refractivity contribution in [2.75, 3.05) is 0 Å². The van der Waals surface area contributed by atoms with Crippen LogP contribution in [0.3, 0.4) is 0 Å². The Bertz CT molecular complexity index is 624. The summed E-state index contributed by atoms with van der Waals surface area (Å²) in [6.07, 6.45) is 3.71. The SMILES string of the molecule is N[C@@H]1CCC[C@H]1CC(=O)NCc1cc(-c2ccccc2)no1. The maximum Gasteiger partial charge on any atom is 0.220 e. The number of amides is 1. The van der Waals surface area contributed by atoms with Crippen LogP contribution >= 0.6 is 0 Å². The summed E-state index contributed by atoms with van der Waals surface area (Å²) in [5.74, 6) is 0.998. The zero-order chi connectivity index (χ0) is 15.4. The zero-order valence-electron chi connectivity index (χ0n) is 12.5. The third kappa shape index (κ3) is 3.54. The van der Waals surface area contributed by atoms with Gasteiger partial charge in [-0.1, -0.05) is 41.9 Å². The molecule has 1 fully saturated rings. The average molecular weight is 299 g/mol. The number of carbonyl (C=O) groups excluding carboxylic acids is 1. The lowest BCUT2D eigenvalue weighted by atomic mass is 10.00. The minimum absolute atomic E-state index is 0.0278. The average Bonchev–Trinajstić information content (AvgIpc) is 3.16. The Labute approximate surface area is 129 Å². The fraction of sp³-hybridized carbons (Fsp3) is 0.412. The molecule has 1 amide bonds. The van der Waals surface area contributed by atoms with Gasteiger partial charge in [-0.05, 0) is 18.8 Å². The van der Waals surface area contributed by atoms with Crippen LogP contribution in [0.15, 0.2) is 40.9 Å². The molecular weight excluding hydrogens is 278 g/mol. The van der Waals surface area contributed by atoms with E-state index < -0.39 is 0 Å². The van der Waals surface area contributed by atoms with Crippen molar-refractivity contribution in [3.05, 3.63) is 42.2 Å². The summed E-state index contributed by atoms with van der Waals surface area (Å²) in [5, 5.41) is 6.92. The van der Waals surface area contributed by atoms with Crippen molar-refractivity contribution >= 4 is 5.91 Å². The smallest absolute Gasteiger partial charge is 0.220 e. The Hall–Kier alpha value is -2.14. The molecule has 0 spiro atoms. The molecule has 22 heavy (non-hydrogen) atoms. The van der Waals surface area contributed by atoms with Gasteiger partial charge in [0.2, 0.25) is 5.91 Å². The van der Waals surface area contributed by atoms with E-state index in [1.165, 1.54) is 0 Å². The highest BCUT2D eigenvalue weighted by Gasteiger charge is 2.25. The van der Waals surface area contributed by atoms with Crippen LogP contribution < -0.4 is 11.1 Å². The summed E-state index contributed by atoms with van der Waals surface area (Å²) in [5.41, 5.74) is 7.77. The third-order valence-electron chi connectivity index (χ3n) is 4.25. The normalized spacial score (nSPS) is 21.0. The summed E-state index contributed by atoms with van der Waals surface area (Å²) in [7, 11) is 0. The van der Waals surface area contributed by atoms with Gasteiger partial charge in [-0.25, -0.2) is 0 Å². The number of nitrogens with zero attached hydrogens (tertiary/aromatic N) is 1. The van der Waals surface area contributed by atoms with Gasteiger partial charge in [-0.15, -0.1) is 0 Å². The number of hydrogen-bond acceptors (Lipinski definition) is 4. The van der Waals surface area contributed by atoms with Crippen LogP contribution in [-0.4, -0.2) is 17.1 Å². The van der Waals surface area contributed by atoms with Gasteiger partial charge >= 0.3 is 0 Å². The molecular formula is C17H21N3O2. The first-order valence-corrected chi connectivity index (χ1v) is 7.75. The Balaban J connectivity index is 1.51. The molecule has 5 nitrogen and oxygen atoms in total. The van der Waals surface area contributed by atoms with Crippen molar-refractivity contribution in [1.82, 2.24) is 10.5 Å². The molecule has 1 heterocycles. The van der Waals surface area contributed by atoms with Gasteiger partial charge in [-0.2, -0.15) is 0 Å². The first-order valence-electron chi connectivity index (χ1n) is 7.75. The van der Waals surface area contributed by atoms with Crippen molar-refractivity contribution in [3.8, 4) is 11.3 Å². The van der Waals surface area contributed by atoms with E-state index in [2.05, 4.69) is 10.5 Å². The molecule has 0 radical (unpaired) electrons. The highest BCUT2D eigenvalue weighted by molar-refractivity contribution is 5.76. The molecule has 0 bridgehead atoms. The number of nitrogens with two attached hydrogens (primary N) is 1. The highest BCUT2D eigenvalue weighted by atomic mass is 16.5. The molecule has 1 saturated carbocycles. The van der Waals surface area contributed by atoms with Crippen LogP contribution in [0, 0.1) is 5.92 Å². The maximum atomic E-state index is 12.0. The predicted octanol–water partition coefficient (Wildman–Crippen LogP) is 2.48. The van der Waals surface area contributed by atoms with E-state index in [1.54, 1.807) is 0 Å². The Morgan fingerprint density at radius 2 is 2.14 bits per heavy atom. The van der Waals surface area contributed by atoms with Crippen LogP contribution in [-0.2, 0) is 11.3 Å². The Kier molecular flexibility index (Phi) is 4.53. The van der Waals surface area contributed by atoms with Gasteiger partial charge in [0.1, 0.15) is 5.69 Å². The summed E-state index contributed by atoms with van der Waals surface area (Å²) >= 11 is 0. The topological polar surface area (TPSA) is 81.2 Å². The van der Waals surface area contributed by atoms with Gasteiger partial charge in [0.15, 0.2) is 5.76 Å². The molecule has 3 N–H and O–H groups in total. The molecule has 0 saturated heterocycles. The first-order chi connectivity index (χ1) is 10.7. The standard InChI is InChI=1S/C17H21N3O2/c18-15-8-4-7-13(15)9-17(21)19-11-14-10-16(20-22-14)12-5-2-1-3-6-12/h1-3,5-6,10,13,15H,4,7-9,11,18H2,(H,19,21)/t13-,15+/m0/s1. The molecule has 2 aromatic rings. The Morgan fingerprint density at radius 3 is 2.86 bits per heavy atom. The molecule has 1 aliphatic rings. The lowest BCUT2D eigenvalue weighted by Crippen LogP contribution is -2.31. The molecule has 3 rings (SSSR count). The van der Waals surface area contributed by atoms with E-state index in [0.717, 1.165) is 30.5 Å². The molecule has 0 aliphatic heterocycles. The quantitative estimate of drug-likeness (QED) is 0.888. The minimum atomic E-state index is 0.0278. The number of rotatable bonds is 5. The number of nitrogens with one attached hydrogen (secondary N) is 1. The van der Waals surface area contributed by atoms with Gasteiger partial charge in [0, 0.05) is 24.1 Å². The molecule has 116 valence electrons. The van der Waals surface area contributed by atoms with Crippen molar-refractivity contribution in [2.45, 2.75) is 38.3 Å². The van der Waals surface area contributed by atoms with E-state index in [0.29, 0.717) is 24.6 Å². The number of carbonyl (C=O) groups is 1. The van der Waals surface area contributed by atoms with Crippen molar-refractivity contribution in [3.63, 3.8) is 0 Å². The second-order valence-electron chi connectivity index (χ2n) is 5.88.